The van der Waals surface area contributed by atoms with Crippen molar-refractivity contribution in [2.45, 2.75) is 51.7 Å². The molecule has 0 amide bonds. The van der Waals surface area contributed by atoms with Gasteiger partial charge in [0.1, 0.15) is 6.33 Å². The van der Waals surface area contributed by atoms with Crippen LogP contribution in [-0.4, -0.2) is 31.2 Å². The first kappa shape index (κ1) is 14.2. The van der Waals surface area contributed by atoms with Crippen molar-refractivity contribution in [1.82, 2.24) is 24.6 Å². The van der Waals surface area contributed by atoms with Crippen molar-refractivity contribution >= 4 is 0 Å². The Morgan fingerprint density at radius 1 is 1.33 bits per heavy atom. The maximum absolute atomic E-state index is 4.46. The van der Waals surface area contributed by atoms with Crippen LogP contribution in [0.5, 0.6) is 0 Å². The summed E-state index contributed by atoms with van der Waals surface area (Å²) in [7, 11) is 0. The lowest BCUT2D eigenvalue weighted by Crippen LogP contribution is -2.33. The molecule has 0 unspecified atom stereocenters. The molecule has 1 saturated heterocycles. The summed E-state index contributed by atoms with van der Waals surface area (Å²) in [6, 6.07) is 2.46. The lowest BCUT2D eigenvalue weighted by Gasteiger charge is -2.34. The van der Waals surface area contributed by atoms with E-state index in [1.165, 1.54) is 24.8 Å². The quantitative estimate of drug-likeness (QED) is 0.847. The van der Waals surface area contributed by atoms with Crippen LogP contribution >= 0.6 is 0 Å². The highest BCUT2D eigenvalue weighted by atomic mass is 15.3. The van der Waals surface area contributed by atoms with Gasteiger partial charge in [0.15, 0.2) is 0 Å². The molecule has 0 aromatic carbocycles. The van der Waals surface area contributed by atoms with E-state index in [1.807, 2.05) is 23.1 Å². The Morgan fingerprint density at radius 2 is 2.29 bits per heavy atom. The molecular formula is C16H23N5. The largest absolute Gasteiger partial charge is 0.290 e. The number of rotatable bonds is 5. The Hall–Kier alpha value is -1.75. The number of hydrogen-bond donors (Lipinski definition) is 0. The van der Waals surface area contributed by atoms with Gasteiger partial charge in [0.2, 0.25) is 0 Å². The zero-order chi connectivity index (χ0) is 14.5. The molecule has 0 spiro atoms. The molecule has 0 aliphatic carbocycles. The summed E-state index contributed by atoms with van der Waals surface area (Å²) < 4.78 is 2.04. The van der Waals surface area contributed by atoms with Gasteiger partial charge in [0.05, 0.1) is 17.9 Å². The van der Waals surface area contributed by atoms with Crippen molar-refractivity contribution in [3.63, 3.8) is 0 Å². The monoisotopic (exact) mass is 285 g/mol. The predicted molar refractivity (Wildman–Crippen MR) is 81.6 cm³/mol. The van der Waals surface area contributed by atoms with Gasteiger partial charge in [0.25, 0.3) is 0 Å². The molecule has 1 fully saturated rings. The summed E-state index contributed by atoms with van der Waals surface area (Å²) in [6.45, 7) is 5.26. The van der Waals surface area contributed by atoms with Crippen molar-refractivity contribution in [3.8, 4) is 0 Å². The average Bonchev–Trinajstić information content (AvgIpc) is 2.96. The third kappa shape index (κ3) is 3.47. The molecule has 0 saturated carbocycles. The van der Waals surface area contributed by atoms with E-state index in [9.17, 15) is 0 Å². The van der Waals surface area contributed by atoms with Crippen LogP contribution in [0.2, 0.25) is 0 Å². The normalized spacial score (nSPS) is 19.8. The fourth-order valence-corrected chi connectivity index (χ4v) is 3.09. The van der Waals surface area contributed by atoms with E-state index >= 15 is 0 Å². The van der Waals surface area contributed by atoms with E-state index in [-0.39, 0.29) is 0 Å². The minimum Gasteiger partial charge on any atom is -0.290 e. The number of aromatic nitrogens is 4. The Balaban J connectivity index is 1.72. The number of aryl methyl sites for hydroxylation is 1. The van der Waals surface area contributed by atoms with Crippen molar-refractivity contribution in [1.29, 1.82) is 0 Å². The second-order valence-electron chi connectivity index (χ2n) is 5.73. The van der Waals surface area contributed by atoms with Gasteiger partial charge in [-0.15, -0.1) is 0 Å². The number of likely N-dealkylation sites (tertiary alicyclic amines) is 1. The van der Waals surface area contributed by atoms with Crippen LogP contribution in [0.25, 0.3) is 0 Å². The molecule has 2 aromatic heterocycles. The summed E-state index contributed by atoms with van der Waals surface area (Å²) in [4.78, 5) is 11.0. The van der Waals surface area contributed by atoms with Gasteiger partial charge in [-0.1, -0.05) is 13.3 Å². The average molecular weight is 285 g/mol. The lowest BCUT2D eigenvalue weighted by atomic mass is 9.98. The molecule has 3 heterocycles. The Labute approximate surface area is 126 Å². The molecule has 1 aliphatic heterocycles. The first-order valence-corrected chi connectivity index (χ1v) is 7.88. The molecule has 0 bridgehead atoms. The molecule has 21 heavy (non-hydrogen) atoms. The number of hydrogen-bond acceptors (Lipinski definition) is 4. The fourth-order valence-electron chi connectivity index (χ4n) is 3.09. The number of nitrogens with zero attached hydrogens (tertiary/aromatic N) is 5. The van der Waals surface area contributed by atoms with Gasteiger partial charge >= 0.3 is 0 Å². The topological polar surface area (TPSA) is 46.8 Å². The van der Waals surface area contributed by atoms with Crippen LogP contribution in [-0.2, 0) is 13.1 Å². The summed E-state index contributed by atoms with van der Waals surface area (Å²) >= 11 is 0. The second kappa shape index (κ2) is 6.80. The van der Waals surface area contributed by atoms with Gasteiger partial charge in [-0.2, -0.15) is 5.10 Å². The van der Waals surface area contributed by atoms with Crippen LogP contribution in [0.3, 0.4) is 0 Å². The number of piperidine rings is 1. The van der Waals surface area contributed by atoms with Crippen LogP contribution in [0.4, 0.5) is 0 Å². The maximum atomic E-state index is 4.46. The summed E-state index contributed by atoms with van der Waals surface area (Å²) in [5, 5.41) is 4.43. The first-order valence-electron chi connectivity index (χ1n) is 7.88. The van der Waals surface area contributed by atoms with Crippen LogP contribution < -0.4 is 0 Å². The smallest absolute Gasteiger partial charge is 0.115 e. The van der Waals surface area contributed by atoms with Crippen molar-refractivity contribution in [2.24, 2.45) is 0 Å². The van der Waals surface area contributed by atoms with E-state index in [4.69, 9.17) is 0 Å². The molecule has 2 aromatic rings. The highest BCUT2D eigenvalue weighted by molar-refractivity contribution is 5.09. The van der Waals surface area contributed by atoms with Crippen LogP contribution in [0.1, 0.15) is 49.9 Å². The molecule has 0 N–H and O–H groups in total. The maximum Gasteiger partial charge on any atom is 0.115 e. The summed E-state index contributed by atoms with van der Waals surface area (Å²) in [5.74, 6) is 0. The third-order valence-electron chi connectivity index (χ3n) is 4.08. The summed E-state index contributed by atoms with van der Waals surface area (Å²) in [6.07, 6.45) is 12.5. The summed E-state index contributed by atoms with van der Waals surface area (Å²) in [5.41, 5.74) is 2.44. The SMILES string of the molecule is CCCn1cc(CN2CCCC[C@H]2c2ccncn2)cn1. The highest BCUT2D eigenvalue weighted by Crippen LogP contribution is 2.30. The first-order chi connectivity index (χ1) is 10.4. The zero-order valence-corrected chi connectivity index (χ0v) is 12.6. The molecule has 5 heteroatoms. The third-order valence-corrected chi connectivity index (χ3v) is 4.08. The van der Waals surface area contributed by atoms with Gasteiger partial charge in [-0.05, 0) is 31.9 Å². The molecular weight excluding hydrogens is 262 g/mol. The van der Waals surface area contributed by atoms with E-state index in [0.717, 1.165) is 31.7 Å². The Bertz CT molecular complexity index is 551. The highest BCUT2D eigenvalue weighted by Gasteiger charge is 2.25. The lowest BCUT2D eigenvalue weighted by molar-refractivity contribution is 0.137. The van der Waals surface area contributed by atoms with Crippen molar-refractivity contribution in [3.05, 3.63) is 42.2 Å². The van der Waals surface area contributed by atoms with Crippen LogP contribution in [0, 0.1) is 0 Å². The van der Waals surface area contributed by atoms with Crippen LogP contribution in [0.15, 0.2) is 31.0 Å². The Kier molecular flexibility index (Phi) is 4.60. The molecule has 1 aliphatic rings. The molecule has 3 rings (SSSR count). The zero-order valence-electron chi connectivity index (χ0n) is 12.6. The standard InChI is InChI=1S/C16H23N5/c1-2-8-21-12-14(10-19-21)11-20-9-4-3-5-16(20)15-6-7-17-13-18-15/h6-7,10,12-13,16H,2-5,8-9,11H2,1H3/t16-/m0/s1. The van der Waals surface area contributed by atoms with Gasteiger partial charge in [-0.25, -0.2) is 9.97 Å². The van der Waals surface area contributed by atoms with Gasteiger partial charge < -0.3 is 0 Å². The van der Waals surface area contributed by atoms with Gasteiger partial charge in [0, 0.05) is 31.0 Å². The molecule has 0 radical (unpaired) electrons. The van der Waals surface area contributed by atoms with E-state index in [1.54, 1.807) is 6.33 Å². The van der Waals surface area contributed by atoms with Crippen molar-refractivity contribution < 1.29 is 0 Å². The van der Waals surface area contributed by atoms with E-state index < -0.39 is 0 Å². The predicted octanol–water partition coefficient (Wildman–Crippen LogP) is 2.81. The van der Waals surface area contributed by atoms with Crippen molar-refractivity contribution in [2.75, 3.05) is 6.54 Å². The van der Waals surface area contributed by atoms with E-state index in [0.29, 0.717) is 6.04 Å². The molecule has 5 nitrogen and oxygen atoms in total. The minimum atomic E-state index is 0.413. The molecule has 112 valence electrons. The Morgan fingerprint density at radius 3 is 3.10 bits per heavy atom. The fraction of sp³-hybridized carbons (Fsp3) is 0.562. The van der Waals surface area contributed by atoms with Gasteiger partial charge in [-0.3, -0.25) is 9.58 Å². The van der Waals surface area contributed by atoms with E-state index in [2.05, 4.69) is 33.1 Å². The second-order valence-corrected chi connectivity index (χ2v) is 5.73. The molecule has 1 atom stereocenters. The minimum absolute atomic E-state index is 0.413.